The highest BCUT2D eigenvalue weighted by atomic mass is 16.5. The van der Waals surface area contributed by atoms with Gasteiger partial charge in [0.25, 0.3) is 0 Å². The van der Waals surface area contributed by atoms with Crippen molar-refractivity contribution in [1.82, 2.24) is 24.8 Å². The number of hydrogen-bond acceptors (Lipinski definition) is 6. The number of nitrogens with one attached hydrogen (secondary N) is 1. The molecular weight excluding hydrogens is 392 g/mol. The molecule has 0 atom stereocenters. The second-order valence-corrected chi connectivity index (χ2v) is 9.21. The summed E-state index contributed by atoms with van der Waals surface area (Å²) in [4.78, 5) is 19.3. The first-order valence-corrected chi connectivity index (χ1v) is 10.8. The molecule has 8 heteroatoms. The van der Waals surface area contributed by atoms with E-state index in [-0.39, 0.29) is 17.2 Å². The van der Waals surface area contributed by atoms with Crippen LogP contribution in [0.2, 0.25) is 0 Å². The van der Waals surface area contributed by atoms with Crippen molar-refractivity contribution in [3.05, 3.63) is 48.0 Å². The molecule has 3 aromatic rings. The molecule has 1 aliphatic rings. The Morgan fingerprint density at radius 3 is 2.55 bits per heavy atom. The molecular formula is C23H30N6O2. The molecule has 1 fully saturated rings. The van der Waals surface area contributed by atoms with E-state index in [4.69, 9.17) is 4.52 Å². The third-order valence-electron chi connectivity index (χ3n) is 5.69. The number of benzene rings is 1. The largest absolute Gasteiger partial charge is 0.339 e. The molecule has 164 valence electrons. The van der Waals surface area contributed by atoms with Gasteiger partial charge in [0.2, 0.25) is 17.6 Å². The van der Waals surface area contributed by atoms with E-state index in [1.54, 1.807) is 4.68 Å². The van der Waals surface area contributed by atoms with Gasteiger partial charge in [0, 0.05) is 30.0 Å². The average Bonchev–Trinajstić information content (AvgIpc) is 3.37. The predicted molar refractivity (Wildman–Crippen MR) is 119 cm³/mol. The van der Waals surface area contributed by atoms with E-state index in [1.807, 2.05) is 43.4 Å². The number of rotatable bonds is 5. The number of piperidine rings is 1. The van der Waals surface area contributed by atoms with Gasteiger partial charge in [0.15, 0.2) is 0 Å². The van der Waals surface area contributed by atoms with E-state index >= 15 is 0 Å². The van der Waals surface area contributed by atoms with Crippen molar-refractivity contribution in [1.29, 1.82) is 0 Å². The second kappa shape index (κ2) is 8.63. The Kier molecular flexibility index (Phi) is 5.91. The number of amides is 1. The van der Waals surface area contributed by atoms with E-state index in [9.17, 15) is 4.79 Å². The van der Waals surface area contributed by atoms with Gasteiger partial charge in [-0.1, -0.05) is 56.3 Å². The molecule has 0 spiro atoms. The zero-order valence-electron chi connectivity index (χ0n) is 18.6. The number of anilines is 1. The van der Waals surface area contributed by atoms with E-state index in [1.165, 1.54) is 0 Å². The molecule has 0 unspecified atom stereocenters. The number of carbonyl (C=O) groups excluding carboxylic acids is 1. The smallest absolute Gasteiger partial charge is 0.239 e. The fraction of sp³-hybridized carbons (Fsp3) is 0.478. The standard InChI is InChI=1S/C23H30N6O2/c1-23(2,3)18-14-19(28(4)26-18)24-20(30)15-29-12-10-17(11-13-29)22-25-21(27-31-22)16-8-6-5-7-9-16/h5-9,14,17H,10-13,15H2,1-4H3,(H,24,30). The maximum atomic E-state index is 12.6. The fourth-order valence-electron chi connectivity index (χ4n) is 3.78. The molecule has 1 saturated heterocycles. The van der Waals surface area contributed by atoms with Crippen molar-refractivity contribution in [3.63, 3.8) is 0 Å². The first kappa shape index (κ1) is 21.2. The van der Waals surface area contributed by atoms with Crippen LogP contribution in [0.25, 0.3) is 11.4 Å². The minimum atomic E-state index is -0.0578. The van der Waals surface area contributed by atoms with E-state index in [2.05, 4.69) is 46.2 Å². The van der Waals surface area contributed by atoms with Crippen LogP contribution in [0.15, 0.2) is 40.9 Å². The van der Waals surface area contributed by atoms with E-state index < -0.39 is 0 Å². The van der Waals surface area contributed by atoms with Gasteiger partial charge < -0.3 is 9.84 Å². The monoisotopic (exact) mass is 422 g/mol. The number of nitrogens with zero attached hydrogens (tertiary/aromatic N) is 5. The molecule has 4 rings (SSSR count). The normalized spacial score (nSPS) is 15.9. The molecule has 1 aliphatic heterocycles. The van der Waals surface area contributed by atoms with Crippen LogP contribution in [-0.2, 0) is 17.3 Å². The zero-order chi connectivity index (χ0) is 22.0. The SMILES string of the molecule is Cn1nc(C(C)(C)C)cc1NC(=O)CN1CCC(c2nc(-c3ccccc3)no2)CC1. The number of aryl methyl sites for hydroxylation is 1. The van der Waals surface area contributed by atoms with Crippen molar-refractivity contribution in [2.75, 3.05) is 25.0 Å². The summed E-state index contributed by atoms with van der Waals surface area (Å²) in [5, 5.41) is 11.6. The molecule has 8 nitrogen and oxygen atoms in total. The summed E-state index contributed by atoms with van der Waals surface area (Å²) >= 11 is 0. The number of hydrogen-bond donors (Lipinski definition) is 1. The average molecular weight is 423 g/mol. The lowest BCUT2D eigenvalue weighted by Crippen LogP contribution is -2.39. The van der Waals surface area contributed by atoms with Crippen LogP contribution in [0.3, 0.4) is 0 Å². The van der Waals surface area contributed by atoms with Crippen LogP contribution in [0.1, 0.15) is 51.1 Å². The lowest BCUT2D eigenvalue weighted by Gasteiger charge is -2.29. The van der Waals surface area contributed by atoms with Gasteiger partial charge >= 0.3 is 0 Å². The van der Waals surface area contributed by atoms with Crippen LogP contribution >= 0.6 is 0 Å². The Hall–Kier alpha value is -3.00. The highest BCUT2D eigenvalue weighted by Gasteiger charge is 2.27. The van der Waals surface area contributed by atoms with Crippen molar-refractivity contribution in [2.24, 2.45) is 7.05 Å². The quantitative estimate of drug-likeness (QED) is 0.676. The molecule has 0 saturated carbocycles. The summed E-state index contributed by atoms with van der Waals surface area (Å²) in [6.45, 7) is 8.33. The molecule has 2 aromatic heterocycles. The van der Waals surface area contributed by atoms with Crippen molar-refractivity contribution < 1.29 is 9.32 Å². The Morgan fingerprint density at radius 2 is 1.90 bits per heavy atom. The topological polar surface area (TPSA) is 89.1 Å². The highest BCUT2D eigenvalue weighted by molar-refractivity contribution is 5.91. The third-order valence-corrected chi connectivity index (χ3v) is 5.69. The molecule has 3 heterocycles. The number of carbonyl (C=O) groups is 1. The minimum absolute atomic E-state index is 0.0222. The Bertz CT molecular complexity index is 1030. The van der Waals surface area contributed by atoms with Crippen LogP contribution in [0, 0.1) is 0 Å². The summed E-state index contributed by atoms with van der Waals surface area (Å²) in [7, 11) is 1.85. The molecule has 1 aromatic carbocycles. The lowest BCUT2D eigenvalue weighted by atomic mass is 9.92. The minimum Gasteiger partial charge on any atom is -0.339 e. The molecule has 1 amide bonds. The van der Waals surface area contributed by atoms with Gasteiger partial charge in [-0.3, -0.25) is 14.4 Å². The molecule has 0 radical (unpaired) electrons. The summed E-state index contributed by atoms with van der Waals surface area (Å²) in [5.41, 5.74) is 1.86. The van der Waals surface area contributed by atoms with E-state index in [0.717, 1.165) is 43.0 Å². The van der Waals surface area contributed by atoms with Crippen LogP contribution in [0.4, 0.5) is 5.82 Å². The third kappa shape index (κ3) is 5.02. The van der Waals surface area contributed by atoms with Gasteiger partial charge in [-0.25, -0.2) is 0 Å². The Labute approximate surface area is 182 Å². The molecule has 31 heavy (non-hydrogen) atoms. The summed E-state index contributed by atoms with van der Waals surface area (Å²) in [6, 6.07) is 11.8. The van der Waals surface area contributed by atoms with Crippen molar-refractivity contribution >= 4 is 11.7 Å². The van der Waals surface area contributed by atoms with Crippen LogP contribution in [-0.4, -0.2) is 50.4 Å². The number of likely N-dealkylation sites (tertiary alicyclic amines) is 1. The second-order valence-electron chi connectivity index (χ2n) is 9.21. The van der Waals surface area contributed by atoms with E-state index in [0.29, 0.717) is 18.3 Å². The lowest BCUT2D eigenvalue weighted by molar-refractivity contribution is -0.117. The van der Waals surface area contributed by atoms with Crippen molar-refractivity contribution in [3.8, 4) is 11.4 Å². The van der Waals surface area contributed by atoms with Gasteiger partial charge in [-0.05, 0) is 25.9 Å². The van der Waals surface area contributed by atoms with Crippen LogP contribution < -0.4 is 5.32 Å². The maximum absolute atomic E-state index is 12.6. The summed E-state index contributed by atoms with van der Waals surface area (Å²) < 4.78 is 7.25. The first-order valence-electron chi connectivity index (χ1n) is 10.8. The van der Waals surface area contributed by atoms with Gasteiger partial charge in [-0.15, -0.1) is 0 Å². The Balaban J connectivity index is 1.29. The Morgan fingerprint density at radius 1 is 1.19 bits per heavy atom. The van der Waals surface area contributed by atoms with Gasteiger partial charge in [-0.2, -0.15) is 10.1 Å². The first-order chi connectivity index (χ1) is 14.8. The molecule has 0 bridgehead atoms. The highest BCUT2D eigenvalue weighted by Crippen LogP contribution is 2.28. The van der Waals surface area contributed by atoms with Crippen LogP contribution in [0.5, 0.6) is 0 Å². The van der Waals surface area contributed by atoms with Gasteiger partial charge in [0.05, 0.1) is 12.2 Å². The molecule has 0 aliphatic carbocycles. The molecule has 1 N–H and O–H groups in total. The fourth-order valence-corrected chi connectivity index (χ4v) is 3.78. The summed E-state index contributed by atoms with van der Waals surface area (Å²) in [5.74, 6) is 2.25. The predicted octanol–water partition coefficient (Wildman–Crippen LogP) is 3.59. The summed E-state index contributed by atoms with van der Waals surface area (Å²) in [6.07, 6.45) is 1.78. The van der Waals surface area contributed by atoms with Gasteiger partial charge in [0.1, 0.15) is 5.82 Å². The number of aromatic nitrogens is 4. The van der Waals surface area contributed by atoms with Crippen molar-refractivity contribution in [2.45, 2.75) is 44.9 Å². The maximum Gasteiger partial charge on any atom is 0.239 e. The zero-order valence-corrected chi connectivity index (χ0v) is 18.6.